The van der Waals surface area contributed by atoms with Gasteiger partial charge in [0.2, 0.25) is 0 Å². The van der Waals surface area contributed by atoms with Gasteiger partial charge in [0.25, 0.3) is 0 Å². The molecule has 1 aromatic carbocycles. The van der Waals surface area contributed by atoms with Crippen molar-refractivity contribution in [3.05, 3.63) is 41.1 Å². The van der Waals surface area contributed by atoms with Crippen LogP contribution in [-0.2, 0) is 9.53 Å². The molecule has 1 aromatic rings. The van der Waals surface area contributed by atoms with Crippen molar-refractivity contribution in [2.24, 2.45) is 0 Å². The fourth-order valence-electron chi connectivity index (χ4n) is 2.24. The highest BCUT2D eigenvalue weighted by molar-refractivity contribution is 5.95. The fourth-order valence-corrected chi connectivity index (χ4v) is 2.24. The molecule has 0 radical (unpaired) electrons. The number of esters is 1. The molecule has 24 heavy (non-hydrogen) atoms. The van der Waals surface area contributed by atoms with Crippen LogP contribution in [0.2, 0.25) is 0 Å². The normalized spacial score (nSPS) is 17.9. The van der Waals surface area contributed by atoms with Crippen LogP contribution in [0.15, 0.2) is 35.5 Å². The quantitative estimate of drug-likeness (QED) is 0.823. The van der Waals surface area contributed by atoms with Crippen LogP contribution in [0.4, 0.5) is 18.0 Å². The number of rotatable bonds is 4. The van der Waals surface area contributed by atoms with Crippen LogP contribution < -0.4 is 15.4 Å². The van der Waals surface area contributed by atoms with Crippen molar-refractivity contribution in [3.8, 4) is 5.75 Å². The van der Waals surface area contributed by atoms with E-state index in [0.717, 1.165) is 0 Å². The molecular weight excluding hydrogens is 329 g/mol. The Kier molecular flexibility index (Phi) is 5.01. The topological polar surface area (TPSA) is 76.7 Å². The molecule has 0 unspecified atom stereocenters. The van der Waals surface area contributed by atoms with Crippen LogP contribution in [-0.4, -0.2) is 31.9 Å². The van der Waals surface area contributed by atoms with Crippen LogP contribution in [0.3, 0.4) is 0 Å². The molecule has 0 spiro atoms. The van der Waals surface area contributed by atoms with Gasteiger partial charge in [0.1, 0.15) is 5.75 Å². The smallest absolute Gasteiger partial charge is 0.422 e. The van der Waals surface area contributed by atoms with E-state index in [1.54, 1.807) is 24.3 Å². The lowest BCUT2D eigenvalue weighted by Crippen LogP contribution is -2.45. The minimum atomic E-state index is -4.63. The number of ether oxygens (including phenoxy) is 2. The third-order valence-electron chi connectivity index (χ3n) is 3.31. The summed E-state index contributed by atoms with van der Waals surface area (Å²) in [4.78, 5) is 23.7. The van der Waals surface area contributed by atoms with Gasteiger partial charge in [0.15, 0.2) is 6.61 Å². The van der Waals surface area contributed by atoms with Gasteiger partial charge in [-0.1, -0.05) is 12.1 Å². The van der Waals surface area contributed by atoms with Gasteiger partial charge < -0.3 is 20.1 Å². The van der Waals surface area contributed by atoms with Gasteiger partial charge >= 0.3 is 18.2 Å². The lowest BCUT2D eigenvalue weighted by atomic mass is 9.95. The highest BCUT2D eigenvalue weighted by Gasteiger charge is 2.35. The maximum absolute atomic E-state index is 12.3. The van der Waals surface area contributed by atoms with E-state index in [2.05, 4.69) is 15.4 Å². The molecule has 130 valence electrons. The van der Waals surface area contributed by atoms with Gasteiger partial charge in [-0.05, 0) is 24.6 Å². The molecule has 1 heterocycles. The Balaban J connectivity index is 2.30. The maximum Gasteiger partial charge on any atom is 0.422 e. The monoisotopic (exact) mass is 344 g/mol. The van der Waals surface area contributed by atoms with E-state index in [0.29, 0.717) is 11.3 Å². The van der Waals surface area contributed by atoms with Gasteiger partial charge in [0.05, 0.1) is 18.7 Å². The van der Waals surface area contributed by atoms with Gasteiger partial charge in [0, 0.05) is 5.70 Å². The summed E-state index contributed by atoms with van der Waals surface area (Å²) < 4.78 is 46.1. The van der Waals surface area contributed by atoms with Crippen molar-refractivity contribution >= 4 is 12.0 Å². The van der Waals surface area contributed by atoms with E-state index in [-0.39, 0.29) is 11.3 Å². The first kappa shape index (κ1) is 17.6. The van der Waals surface area contributed by atoms with Crippen molar-refractivity contribution in [3.63, 3.8) is 0 Å². The average Bonchev–Trinajstić information content (AvgIpc) is 2.51. The van der Waals surface area contributed by atoms with E-state index in [4.69, 9.17) is 4.74 Å². The number of alkyl halides is 3. The van der Waals surface area contributed by atoms with E-state index in [9.17, 15) is 22.8 Å². The predicted molar refractivity (Wildman–Crippen MR) is 77.1 cm³/mol. The molecule has 2 N–H and O–H groups in total. The van der Waals surface area contributed by atoms with Crippen LogP contribution in [0.25, 0.3) is 0 Å². The number of methoxy groups -OCH3 is 1. The molecule has 0 fully saturated rings. The standard InChI is InChI=1S/C15H15F3N2O4/c1-8-11(13(21)24-7-15(16,17)18)12(20-14(22)19-8)9-3-5-10(23-2)6-4-9/h3-6,12H,7H2,1-2H3,(H2,19,20,22)/t12-/m1/s1. The number of halogens is 3. The number of carbonyl (C=O) groups is 2. The molecule has 1 aliphatic heterocycles. The molecule has 2 rings (SSSR count). The van der Waals surface area contributed by atoms with Crippen molar-refractivity contribution < 1.29 is 32.2 Å². The van der Waals surface area contributed by atoms with Crippen molar-refractivity contribution in [2.75, 3.05) is 13.7 Å². The highest BCUT2D eigenvalue weighted by Crippen LogP contribution is 2.29. The number of allylic oxidation sites excluding steroid dienone is 1. The third-order valence-corrected chi connectivity index (χ3v) is 3.31. The second-order valence-corrected chi connectivity index (χ2v) is 5.03. The molecule has 0 saturated carbocycles. The number of carbonyl (C=O) groups excluding carboxylic acids is 2. The fraction of sp³-hybridized carbons (Fsp3) is 0.333. The first-order valence-corrected chi connectivity index (χ1v) is 6.87. The second kappa shape index (κ2) is 6.81. The van der Waals surface area contributed by atoms with Crippen molar-refractivity contribution in [2.45, 2.75) is 19.1 Å². The molecule has 0 saturated heterocycles. The SMILES string of the molecule is COc1ccc([C@H]2NC(=O)NC(C)=C2C(=O)OCC(F)(F)F)cc1. The minimum Gasteiger partial charge on any atom is -0.497 e. The Morgan fingerprint density at radius 3 is 2.42 bits per heavy atom. The number of hydrogen-bond donors (Lipinski definition) is 2. The highest BCUT2D eigenvalue weighted by atomic mass is 19.4. The summed E-state index contributed by atoms with van der Waals surface area (Å²) in [7, 11) is 1.48. The lowest BCUT2D eigenvalue weighted by molar-refractivity contribution is -0.183. The average molecular weight is 344 g/mol. The Morgan fingerprint density at radius 2 is 1.88 bits per heavy atom. The summed E-state index contributed by atoms with van der Waals surface area (Å²) in [5.74, 6) is -0.598. The van der Waals surface area contributed by atoms with Crippen LogP contribution in [0.5, 0.6) is 5.75 Å². The number of hydrogen-bond acceptors (Lipinski definition) is 4. The number of benzene rings is 1. The summed E-state index contributed by atoms with van der Waals surface area (Å²) in [5, 5.41) is 4.85. The van der Waals surface area contributed by atoms with E-state index >= 15 is 0 Å². The summed E-state index contributed by atoms with van der Waals surface area (Å²) in [6, 6.07) is 4.92. The van der Waals surface area contributed by atoms with Crippen molar-refractivity contribution in [1.29, 1.82) is 0 Å². The molecule has 0 aromatic heterocycles. The van der Waals surface area contributed by atoms with E-state index < -0.39 is 30.8 Å². The molecular formula is C15H15F3N2O4. The first-order chi connectivity index (χ1) is 11.2. The van der Waals surface area contributed by atoms with Crippen LogP contribution >= 0.6 is 0 Å². The van der Waals surface area contributed by atoms with Gasteiger partial charge in [-0.15, -0.1) is 0 Å². The summed E-state index contributed by atoms with van der Waals surface area (Å²) >= 11 is 0. The van der Waals surface area contributed by atoms with Crippen molar-refractivity contribution in [1.82, 2.24) is 10.6 Å². The third kappa shape index (κ3) is 4.18. The molecule has 6 nitrogen and oxygen atoms in total. The van der Waals surface area contributed by atoms with Crippen LogP contribution in [0.1, 0.15) is 18.5 Å². The zero-order chi connectivity index (χ0) is 17.9. The van der Waals surface area contributed by atoms with Gasteiger partial charge in [-0.2, -0.15) is 13.2 Å². The Morgan fingerprint density at radius 1 is 1.25 bits per heavy atom. The number of urea groups is 1. The Bertz CT molecular complexity index is 668. The Hall–Kier alpha value is -2.71. The molecule has 1 aliphatic rings. The minimum absolute atomic E-state index is 0.0935. The zero-order valence-corrected chi connectivity index (χ0v) is 12.9. The summed E-state index contributed by atoms with van der Waals surface area (Å²) in [6.07, 6.45) is -4.63. The number of nitrogens with one attached hydrogen (secondary N) is 2. The summed E-state index contributed by atoms with van der Waals surface area (Å²) in [6.45, 7) is -0.286. The maximum atomic E-state index is 12.3. The predicted octanol–water partition coefficient (Wildman–Crippen LogP) is 2.43. The first-order valence-electron chi connectivity index (χ1n) is 6.87. The number of amides is 2. The van der Waals surface area contributed by atoms with Crippen LogP contribution in [0, 0.1) is 0 Å². The molecule has 1 atom stereocenters. The largest absolute Gasteiger partial charge is 0.497 e. The summed E-state index contributed by atoms with van der Waals surface area (Å²) in [5.41, 5.74) is 0.541. The molecule has 0 aliphatic carbocycles. The van der Waals surface area contributed by atoms with E-state index in [1.807, 2.05) is 0 Å². The molecule has 9 heteroatoms. The molecule has 0 bridgehead atoms. The van der Waals surface area contributed by atoms with Gasteiger partial charge in [-0.25, -0.2) is 9.59 Å². The van der Waals surface area contributed by atoms with E-state index in [1.165, 1.54) is 14.0 Å². The lowest BCUT2D eigenvalue weighted by Gasteiger charge is -2.28. The zero-order valence-electron chi connectivity index (χ0n) is 12.9. The van der Waals surface area contributed by atoms with Gasteiger partial charge in [-0.3, -0.25) is 0 Å². The Labute approximate surface area is 135 Å². The second-order valence-electron chi connectivity index (χ2n) is 5.03. The molecule has 2 amide bonds.